The Hall–Kier alpha value is -4.50. The first-order valence-electron chi connectivity index (χ1n) is 10.4. The molecule has 3 aromatic heterocycles. The number of carbonyl (C=O) groups excluding carboxylic acids is 2. The van der Waals surface area contributed by atoms with Gasteiger partial charge >= 0.3 is 0 Å². The Morgan fingerprint density at radius 1 is 1.26 bits per heavy atom. The minimum atomic E-state index is -0.939. The maximum Gasteiger partial charge on any atom is 0.266 e. The van der Waals surface area contributed by atoms with Gasteiger partial charge in [-0.1, -0.05) is 12.1 Å². The molecule has 0 aliphatic carbocycles. The highest BCUT2D eigenvalue weighted by Gasteiger charge is 2.24. The fourth-order valence-corrected chi connectivity index (χ4v) is 4.61. The number of amides is 2. The summed E-state index contributed by atoms with van der Waals surface area (Å²) in [5, 5.41) is 18.9. The van der Waals surface area contributed by atoms with Crippen LogP contribution in [0.1, 0.15) is 33.8 Å². The lowest BCUT2D eigenvalue weighted by atomic mass is 10.2. The number of aromatic nitrogens is 4. The summed E-state index contributed by atoms with van der Waals surface area (Å²) >= 11 is 1.09. The molecular weight excluding hydrogens is 470 g/mol. The van der Waals surface area contributed by atoms with Gasteiger partial charge in [-0.3, -0.25) is 23.6 Å². The topological polar surface area (TPSA) is 144 Å². The van der Waals surface area contributed by atoms with Crippen LogP contribution in [0.25, 0.3) is 10.2 Å². The second kappa shape index (κ2) is 9.40. The molecule has 0 aliphatic heterocycles. The van der Waals surface area contributed by atoms with Crippen LogP contribution in [0.15, 0.2) is 41.6 Å². The van der Waals surface area contributed by atoms with Gasteiger partial charge in [-0.05, 0) is 31.5 Å². The summed E-state index contributed by atoms with van der Waals surface area (Å²) in [5.41, 5.74) is 0.719. The number of nitriles is 1. The van der Waals surface area contributed by atoms with Crippen molar-refractivity contribution in [2.45, 2.75) is 19.9 Å². The van der Waals surface area contributed by atoms with E-state index in [1.54, 1.807) is 45.2 Å². The lowest BCUT2D eigenvalue weighted by Gasteiger charge is -2.15. The van der Waals surface area contributed by atoms with Crippen molar-refractivity contribution in [2.75, 3.05) is 17.7 Å². The van der Waals surface area contributed by atoms with Crippen molar-refractivity contribution < 1.29 is 14.3 Å². The summed E-state index contributed by atoms with van der Waals surface area (Å²) in [5.74, 6) is -0.177. The van der Waals surface area contributed by atoms with E-state index < -0.39 is 23.4 Å². The molecule has 2 amide bonds. The molecule has 0 saturated heterocycles. The third kappa shape index (κ3) is 4.24. The number of nitrogens with one attached hydrogen (secondary N) is 2. The van der Waals surface area contributed by atoms with Gasteiger partial charge in [-0.2, -0.15) is 10.4 Å². The van der Waals surface area contributed by atoms with E-state index in [9.17, 15) is 19.6 Å². The lowest BCUT2D eigenvalue weighted by molar-refractivity contribution is -0.118. The first-order chi connectivity index (χ1) is 16.8. The van der Waals surface area contributed by atoms with Gasteiger partial charge in [-0.15, -0.1) is 11.3 Å². The molecule has 2 N–H and O–H groups in total. The monoisotopic (exact) mass is 491 g/mol. The highest BCUT2D eigenvalue weighted by molar-refractivity contribution is 7.20. The zero-order chi connectivity index (χ0) is 25.3. The molecule has 0 aliphatic rings. The molecule has 1 atom stereocenters. The Morgan fingerprint density at radius 3 is 2.71 bits per heavy atom. The van der Waals surface area contributed by atoms with Crippen molar-refractivity contribution in [3.63, 3.8) is 0 Å². The average Bonchev–Trinajstić information content (AvgIpc) is 3.38. The Kier molecular flexibility index (Phi) is 6.35. The molecule has 12 heteroatoms. The predicted octanol–water partition coefficient (Wildman–Crippen LogP) is 2.83. The number of aryl methyl sites for hydroxylation is 2. The Balaban J connectivity index is 1.65. The van der Waals surface area contributed by atoms with E-state index in [4.69, 9.17) is 4.74 Å². The molecule has 3 heterocycles. The van der Waals surface area contributed by atoms with E-state index in [1.165, 1.54) is 28.9 Å². The number of methoxy groups -OCH3 is 1. The number of rotatable bonds is 6. The van der Waals surface area contributed by atoms with Gasteiger partial charge in [0, 0.05) is 7.05 Å². The number of para-hydroxylation sites is 2. The van der Waals surface area contributed by atoms with Crippen LogP contribution in [0, 0.1) is 18.3 Å². The van der Waals surface area contributed by atoms with Gasteiger partial charge in [-0.25, -0.2) is 4.98 Å². The second-order valence-corrected chi connectivity index (χ2v) is 8.65. The first-order valence-corrected chi connectivity index (χ1v) is 11.3. The number of benzene rings is 1. The quantitative estimate of drug-likeness (QED) is 0.422. The van der Waals surface area contributed by atoms with Crippen molar-refractivity contribution in [3.8, 4) is 11.8 Å². The Labute approximate surface area is 203 Å². The van der Waals surface area contributed by atoms with Crippen molar-refractivity contribution in [3.05, 3.63) is 63.1 Å². The SMILES string of the molecule is COc1ccccc1NC(=O)c1sc2ncn(C(C)C(=O)Nc3c(C#N)cnn3C)c(=O)c2c1C. The predicted molar refractivity (Wildman–Crippen MR) is 131 cm³/mol. The minimum Gasteiger partial charge on any atom is -0.495 e. The third-order valence-electron chi connectivity index (χ3n) is 5.53. The van der Waals surface area contributed by atoms with Crippen LogP contribution in [0.3, 0.4) is 0 Å². The van der Waals surface area contributed by atoms with E-state index >= 15 is 0 Å². The van der Waals surface area contributed by atoms with Crippen LogP contribution >= 0.6 is 11.3 Å². The maximum absolute atomic E-state index is 13.3. The normalized spacial score (nSPS) is 11.6. The van der Waals surface area contributed by atoms with E-state index in [2.05, 4.69) is 20.7 Å². The summed E-state index contributed by atoms with van der Waals surface area (Å²) in [6.45, 7) is 3.21. The van der Waals surface area contributed by atoms with Crippen LogP contribution in [0.5, 0.6) is 5.75 Å². The molecule has 4 rings (SSSR count). The van der Waals surface area contributed by atoms with Crippen LogP contribution in [-0.4, -0.2) is 38.3 Å². The van der Waals surface area contributed by atoms with Crippen molar-refractivity contribution in [1.82, 2.24) is 19.3 Å². The number of nitrogens with zero attached hydrogens (tertiary/aromatic N) is 5. The zero-order valence-electron chi connectivity index (χ0n) is 19.3. The number of carbonyl (C=O) groups is 2. The standard InChI is InChI=1S/C23H21N7O4S/c1-12-17-22(35-18(12)21(32)27-15-7-5-6-8-16(15)34-4)25-11-30(23(17)33)13(2)20(31)28-19-14(9-24)10-26-29(19)3/h5-8,10-11,13H,1-4H3,(H,27,32)(H,28,31). The highest BCUT2D eigenvalue weighted by atomic mass is 32.1. The molecule has 1 aromatic carbocycles. The van der Waals surface area contributed by atoms with Crippen LogP contribution in [0.4, 0.5) is 11.5 Å². The third-order valence-corrected chi connectivity index (χ3v) is 6.73. The molecule has 0 fully saturated rings. The van der Waals surface area contributed by atoms with Gasteiger partial charge in [0.05, 0.1) is 35.6 Å². The van der Waals surface area contributed by atoms with E-state index in [-0.39, 0.29) is 16.8 Å². The van der Waals surface area contributed by atoms with Crippen LogP contribution in [0.2, 0.25) is 0 Å². The van der Waals surface area contributed by atoms with E-state index in [1.807, 2.05) is 6.07 Å². The second-order valence-electron chi connectivity index (χ2n) is 7.66. The molecule has 0 bridgehead atoms. The smallest absolute Gasteiger partial charge is 0.266 e. The van der Waals surface area contributed by atoms with Crippen molar-refractivity contribution in [1.29, 1.82) is 5.26 Å². The molecule has 1 unspecified atom stereocenters. The van der Waals surface area contributed by atoms with Crippen molar-refractivity contribution >= 4 is 44.9 Å². The molecule has 35 heavy (non-hydrogen) atoms. The van der Waals surface area contributed by atoms with Gasteiger partial charge in [0.15, 0.2) is 0 Å². The number of ether oxygens (including phenoxy) is 1. The van der Waals surface area contributed by atoms with E-state index in [0.29, 0.717) is 26.7 Å². The number of anilines is 2. The van der Waals surface area contributed by atoms with E-state index in [0.717, 1.165) is 11.3 Å². The summed E-state index contributed by atoms with van der Waals surface area (Å²) in [6, 6.07) is 8.02. The average molecular weight is 492 g/mol. The maximum atomic E-state index is 13.3. The minimum absolute atomic E-state index is 0.202. The van der Waals surface area contributed by atoms with Crippen LogP contribution < -0.4 is 20.9 Å². The lowest BCUT2D eigenvalue weighted by Crippen LogP contribution is -2.32. The molecule has 0 saturated carbocycles. The number of thiophene rings is 1. The largest absolute Gasteiger partial charge is 0.495 e. The van der Waals surface area contributed by atoms with Crippen LogP contribution in [-0.2, 0) is 11.8 Å². The number of hydrogen-bond donors (Lipinski definition) is 2. The van der Waals surface area contributed by atoms with Gasteiger partial charge < -0.3 is 15.4 Å². The summed E-state index contributed by atoms with van der Waals surface area (Å²) in [7, 11) is 3.10. The summed E-state index contributed by atoms with van der Waals surface area (Å²) in [6.07, 6.45) is 2.62. The fourth-order valence-electron chi connectivity index (χ4n) is 3.57. The molecule has 178 valence electrons. The van der Waals surface area contributed by atoms with Gasteiger partial charge in [0.2, 0.25) is 5.91 Å². The molecule has 0 radical (unpaired) electrons. The molecule has 11 nitrogen and oxygen atoms in total. The van der Waals surface area contributed by atoms with Gasteiger partial charge in [0.25, 0.3) is 11.5 Å². The first kappa shape index (κ1) is 23.7. The Bertz CT molecular complexity index is 1560. The highest BCUT2D eigenvalue weighted by Crippen LogP contribution is 2.30. The zero-order valence-corrected chi connectivity index (χ0v) is 20.1. The number of fused-ring (bicyclic) bond motifs is 1. The summed E-state index contributed by atoms with van der Waals surface area (Å²) < 4.78 is 7.84. The molecule has 4 aromatic rings. The fraction of sp³-hybridized carbons (Fsp3) is 0.217. The molecular formula is C23H21N7O4S. The Morgan fingerprint density at radius 2 is 2.00 bits per heavy atom. The van der Waals surface area contributed by atoms with Gasteiger partial charge in [0.1, 0.15) is 34.1 Å². The van der Waals surface area contributed by atoms with Crippen molar-refractivity contribution in [2.24, 2.45) is 7.05 Å². The number of hydrogen-bond acceptors (Lipinski definition) is 8. The summed E-state index contributed by atoms with van der Waals surface area (Å²) in [4.78, 5) is 44.2. The molecule has 0 spiro atoms.